The first-order valence-electron chi connectivity index (χ1n) is 9.24. The first kappa shape index (κ1) is 15.3. The quantitative estimate of drug-likeness (QED) is 0.816. The van der Waals surface area contributed by atoms with Crippen molar-refractivity contribution in [3.8, 4) is 0 Å². The van der Waals surface area contributed by atoms with Gasteiger partial charge in [-0.2, -0.15) is 0 Å². The summed E-state index contributed by atoms with van der Waals surface area (Å²) in [6.07, 6.45) is 10.0. The highest BCUT2D eigenvalue weighted by Crippen LogP contribution is 2.49. The van der Waals surface area contributed by atoms with Crippen LogP contribution in [-0.2, 0) is 4.79 Å². The van der Waals surface area contributed by atoms with Gasteiger partial charge >= 0.3 is 0 Å². The Morgan fingerprint density at radius 3 is 2.76 bits per heavy atom. The van der Waals surface area contributed by atoms with Crippen molar-refractivity contribution in [2.24, 2.45) is 23.7 Å². The van der Waals surface area contributed by atoms with Gasteiger partial charge in [-0.1, -0.05) is 13.3 Å². The molecule has 0 aromatic rings. The zero-order valence-electron chi connectivity index (χ0n) is 13.7. The second-order valence-electron chi connectivity index (χ2n) is 7.69. The van der Waals surface area contributed by atoms with Crippen LogP contribution in [0.5, 0.6) is 0 Å². The fraction of sp³-hybridized carbons (Fsp3) is 0.944. The molecule has 1 N–H and O–H groups in total. The van der Waals surface area contributed by atoms with E-state index in [2.05, 4.69) is 17.1 Å². The number of piperidine rings is 1. The van der Waals surface area contributed by atoms with Crippen molar-refractivity contribution in [3.63, 3.8) is 0 Å². The van der Waals surface area contributed by atoms with E-state index in [1.54, 1.807) is 0 Å². The van der Waals surface area contributed by atoms with Gasteiger partial charge in [0.1, 0.15) is 0 Å². The maximum Gasteiger partial charge on any atom is 0.222 e. The van der Waals surface area contributed by atoms with Gasteiger partial charge in [0.2, 0.25) is 5.91 Å². The number of carbonyl (C=O) groups is 1. The average Bonchev–Trinajstić information content (AvgIpc) is 3.10. The van der Waals surface area contributed by atoms with E-state index in [0.717, 1.165) is 50.9 Å². The maximum atomic E-state index is 12.7. The summed E-state index contributed by atoms with van der Waals surface area (Å²) in [5.74, 6) is 3.66. The van der Waals surface area contributed by atoms with Crippen LogP contribution in [0, 0.1) is 23.7 Å². The fourth-order valence-electron chi connectivity index (χ4n) is 4.96. The molecule has 1 saturated heterocycles. The normalized spacial score (nSPS) is 35.1. The van der Waals surface area contributed by atoms with Crippen molar-refractivity contribution < 1.29 is 4.79 Å². The van der Waals surface area contributed by atoms with Gasteiger partial charge in [-0.15, -0.1) is 0 Å². The molecule has 21 heavy (non-hydrogen) atoms. The average molecular weight is 292 g/mol. The van der Waals surface area contributed by atoms with Crippen molar-refractivity contribution in [2.45, 2.75) is 58.3 Å². The number of hydrogen-bond acceptors (Lipinski definition) is 2. The van der Waals surface area contributed by atoms with Crippen LogP contribution in [-0.4, -0.2) is 37.0 Å². The van der Waals surface area contributed by atoms with Crippen molar-refractivity contribution >= 4 is 5.91 Å². The van der Waals surface area contributed by atoms with Gasteiger partial charge in [0, 0.05) is 19.5 Å². The predicted octanol–water partition coefficient (Wildman–Crippen LogP) is 3.05. The predicted molar refractivity (Wildman–Crippen MR) is 86.0 cm³/mol. The minimum Gasteiger partial charge on any atom is -0.342 e. The lowest BCUT2D eigenvalue weighted by atomic mass is 9.86. The molecule has 3 fully saturated rings. The fourth-order valence-corrected chi connectivity index (χ4v) is 4.96. The highest BCUT2D eigenvalue weighted by molar-refractivity contribution is 5.76. The molecule has 1 amide bonds. The SMILES string of the molecule is CCCN(CC1CCCNC1)C(=O)CC1CC2CCC1C2. The molecule has 0 radical (unpaired) electrons. The summed E-state index contributed by atoms with van der Waals surface area (Å²) in [4.78, 5) is 14.9. The second-order valence-corrected chi connectivity index (χ2v) is 7.69. The Morgan fingerprint density at radius 2 is 2.14 bits per heavy atom. The summed E-state index contributed by atoms with van der Waals surface area (Å²) >= 11 is 0. The molecule has 3 rings (SSSR count). The second kappa shape index (κ2) is 7.13. The molecule has 1 aliphatic heterocycles. The molecule has 0 aromatic heterocycles. The van der Waals surface area contributed by atoms with E-state index < -0.39 is 0 Å². The van der Waals surface area contributed by atoms with E-state index >= 15 is 0 Å². The largest absolute Gasteiger partial charge is 0.342 e. The molecule has 0 aromatic carbocycles. The van der Waals surface area contributed by atoms with Crippen LogP contribution in [0.1, 0.15) is 58.3 Å². The summed E-state index contributed by atoms with van der Waals surface area (Å²) in [6.45, 7) is 6.39. The van der Waals surface area contributed by atoms with Crippen LogP contribution in [0.2, 0.25) is 0 Å². The lowest BCUT2D eigenvalue weighted by Gasteiger charge is -2.31. The number of fused-ring (bicyclic) bond motifs is 2. The van der Waals surface area contributed by atoms with Crippen LogP contribution in [0.4, 0.5) is 0 Å². The molecule has 0 spiro atoms. The van der Waals surface area contributed by atoms with Crippen LogP contribution in [0.25, 0.3) is 0 Å². The maximum absolute atomic E-state index is 12.7. The first-order valence-corrected chi connectivity index (χ1v) is 9.24. The molecule has 3 nitrogen and oxygen atoms in total. The van der Waals surface area contributed by atoms with Gasteiger partial charge in [0.05, 0.1) is 0 Å². The number of amides is 1. The molecule has 4 unspecified atom stereocenters. The van der Waals surface area contributed by atoms with E-state index in [9.17, 15) is 4.79 Å². The van der Waals surface area contributed by atoms with Gasteiger partial charge in [0.25, 0.3) is 0 Å². The minimum absolute atomic E-state index is 0.444. The van der Waals surface area contributed by atoms with E-state index in [1.807, 2.05) is 0 Å². The van der Waals surface area contributed by atoms with Crippen LogP contribution >= 0.6 is 0 Å². The molecule has 2 saturated carbocycles. The molecule has 2 bridgehead atoms. The van der Waals surface area contributed by atoms with E-state index in [1.165, 1.54) is 38.5 Å². The number of nitrogens with zero attached hydrogens (tertiary/aromatic N) is 1. The van der Waals surface area contributed by atoms with Gasteiger partial charge in [0.15, 0.2) is 0 Å². The van der Waals surface area contributed by atoms with Gasteiger partial charge in [-0.25, -0.2) is 0 Å². The lowest BCUT2D eigenvalue weighted by molar-refractivity contribution is -0.133. The topological polar surface area (TPSA) is 32.3 Å². The molecular weight excluding hydrogens is 260 g/mol. The molecule has 1 heterocycles. The standard InChI is InChI=1S/C18H32N2O/c1-2-8-20(13-15-4-3-7-19-12-15)18(21)11-17-10-14-5-6-16(17)9-14/h14-17,19H,2-13H2,1H3. The molecular formula is C18H32N2O. The van der Waals surface area contributed by atoms with Gasteiger partial charge in [-0.3, -0.25) is 4.79 Å². The number of carbonyl (C=O) groups excluding carboxylic acids is 1. The van der Waals surface area contributed by atoms with Crippen molar-refractivity contribution in [1.82, 2.24) is 10.2 Å². The summed E-state index contributed by atoms with van der Waals surface area (Å²) in [6, 6.07) is 0. The Morgan fingerprint density at radius 1 is 1.24 bits per heavy atom. The Bertz CT molecular complexity index is 351. The summed E-state index contributed by atoms with van der Waals surface area (Å²) in [5.41, 5.74) is 0. The molecule has 2 aliphatic carbocycles. The third-order valence-corrected chi connectivity index (χ3v) is 6.05. The van der Waals surface area contributed by atoms with E-state index in [0.29, 0.717) is 17.7 Å². The Balaban J connectivity index is 1.51. The zero-order valence-corrected chi connectivity index (χ0v) is 13.7. The highest BCUT2D eigenvalue weighted by Gasteiger charge is 2.40. The molecule has 120 valence electrons. The molecule has 4 atom stereocenters. The van der Waals surface area contributed by atoms with Gasteiger partial charge in [-0.05, 0) is 75.3 Å². The Labute approximate surface area is 129 Å². The Kier molecular flexibility index (Phi) is 5.20. The highest BCUT2D eigenvalue weighted by atomic mass is 16.2. The smallest absolute Gasteiger partial charge is 0.222 e. The van der Waals surface area contributed by atoms with Crippen molar-refractivity contribution in [1.29, 1.82) is 0 Å². The molecule has 3 heteroatoms. The van der Waals surface area contributed by atoms with Crippen LogP contribution in [0.15, 0.2) is 0 Å². The number of rotatable bonds is 6. The van der Waals surface area contributed by atoms with Crippen LogP contribution in [0.3, 0.4) is 0 Å². The zero-order chi connectivity index (χ0) is 14.7. The van der Waals surface area contributed by atoms with E-state index in [4.69, 9.17) is 0 Å². The van der Waals surface area contributed by atoms with Crippen molar-refractivity contribution in [3.05, 3.63) is 0 Å². The monoisotopic (exact) mass is 292 g/mol. The summed E-state index contributed by atoms with van der Waals surface area (Å²) in [7, 11) is 0. The number of nitrogens with one attached hydrogen (secondary N) is 1. The van der Waals surface area contributed by atoms with Crippen molar-refractivity contribution in [2.75, 3.05) is 26.2 Å². The van der Waals surface area contributed by atoms with E-state index in [-0.39, 0.29) is 0 Å². The summed E-state index contributed by atoms with van der Waals surface area (Å²) in [5, 5.41) is 3.48. The molecule has 3 aliphatic rings. The minimum atomic E-state index is 0.444. The van der Waals surface area contributed by atoms with Crippen LogP contribution < -0.4 is 5.32 Å². The third-order valence-electron chi connectivity index (χ3n) is 6.05. The van der Waals surface area contributed by atoms with Gasteiger partial charge < -0.3 is 10.2 Å². The third kappa shape index (κ3) is 3.80. The summed E-state index contributed by atoms with van der Waals surface area (Å²) < 4.78 is 0. The lowest BCUT2D eigenvalue weighted by Crippen LogP contribution is -2.42. The first-order chi connectivity index (χ1) is 10.3. The number of hydrogen-bond donors (Lipinski definition) is 1. The Hall–Kier alpha value is -0.570.